The number of benzene rings is 1. The van der Waals surface area contributed by atoms with Crippen molar-refractivity contribution >= 4 is 5.91 Å². The lowest BCUT2D eigenvalue weighted by Crippen LogP contribution is -2.25. The Kier molecular flexibility index (Phi) is 4.73. The fraction of sp³-hybridized carbons (Fsp3) is 0.500. The van der Waals surface area contributed by atoms with Crippen LogP contribution in [0.3, 0.4) is 0 Å². The number of rotatable bonds is 4. The molecule has 1 atom stereocenters. The van der Waals surface area contributed by atoms with Gasteiger partial charge in [-0.2, -0.15) is 0 Å². The normalized spacial score (nSPS) is 12.1. The van der Waals surface area contributed by atoms with Gasteiger partial charge >= 0.3 is 0 Å². The molecular weight excluding hydrogens is 228 g/mol. The lowest BCUT2D eigenvalue weighted by molar-refractivity contribution is -0.120. The number of hydrogen-bond acceptors (Lipinski definition) is 3. The minimum absolute atomic E-state index is 0.0465. The first-order chi connectivity index (χ1) is 8.42. The molecule has 0 bridgehead atoms. The Hall–Kier alpha value is -1.55. The van der Waals surface area contributed by atoms with Gasteiger partial charge in [-0.05, 0) is 49.1 Å². The lowest BCUT2D eigenvalue weighted by Gasteiger charge is -2.20. The first kappa shape index (κ1) is 14.5. The van der Waals surface area contributed by atoms with E-state index in [1.165, 1.54) is 0 Å². The van der Waals surface area contributed by atoms with E-state index in [1.807, 2.05) is 26.8 Å². The zero-order valence-corrected chi connectivity index (χ0v) is 11.8. The topological polar surface area (TPSA) is 64.4 Å². The third-order valence-corrected chi connectivity index (χ3v) is 3.38. The molecule has 0 aliphatic rings. The van der Waals surface area contributed by atoms with Crippen molar-refractivity contribution in [2.45, 2.75) is 33.2 Å². The van der Waals surface area contributed by atoms with Crippen molar-refractivity contribution in [1.82, 2.24) is 5.32 Å². The van der Waals surface area contributed by atoms with Gasteiger partial charge in [-0.3, -0.25) is 4.79 Å². The molecule has 0 aliphatic heterocycles. The third-order valence-electron chi connectivity index (χ3n) is 3.38. The summed E-state index contributed by atoms with van der Waals surface area (Å²) in [5, 5.41) is 2.60. The van der Waals surface area contributed by atoms with E-state index in [9.17, 15) is 4.79 Å². The second-order valence-electron chi connectivity index (χ2n) is 4.54. The number of nitrogens with two attached hydrogens (primary N) is 1. The molecule has 0 saturated carbocycles. The van der Waals surface area contributed by atoms with Crippen LogP contribution in [0.25, 0.3) is 0 Å². The maximum absolute atomic E-state index is 11.4. The van der Waals surface area contributed by atoms with Gasteiger partial charge in [-0.1, -0.05) is 0 Å². The van der Waals surface area contributed by atoms with Crippen LogP contribution in [-0.4, -0.2) is 20.1 Å². The van der Waals surface area contributed by atoms with Crippen LogP contribution >= 0.6 is 0 Å². The van der Waals surface area contributed by atoms with Crippen LogP contribution in [0.1, 0.15) is 34.7 Å². The molecule has 0 heterocycles. The average molecular weight is 250 g/mol. The summed E-state index contributed by atoms with van der Waals surface area (Å²) in [6.07, 6.45) is 0.296. The number of ether oxygens (including phenoxy) is 1. The number of carbonyl (C=O) groups excluding carboxylic acids is 1. The number of hydrogen-bond donors (Lipinski definition) is 2. The van der Waals surface area contributed by atoms with Crippen LogP contribution in [0.5, 0.6) is 5.75 Å². The van der Waals surface area contributed by atoms with Crippen LogP contribution in [0.2, 0.25) is 0 Å². The number of carbonyl (C=O) groups is 1. The van der Waals surface area contributed by atoms with Gasteiger partial charge < -0.3 is 15.8 Å². The van der Waals surface area contributed by atoms with Gasteiger partial charge in [0.25, 0.3) is 0 Å². The summed E-state index contributed by atoms with van der Waals surface area (Å²) in [5.74, 6) is 0.815. The van der Waals surface area contributed by atoms with Crippen molar-refractivity contribution in [2.75, 3.05) is 14.2 Å². The number of nitrogens with one attached hydrogen (secondary N) is 1. The standard InChI is InChI=1S/C14H22N2O2/c1-8-6-12(18-5)9(2)10(3)14(8)11(15)7-13(17)16-4/h6,11H,7,15H2,1-5H3,(H,16,17). The quantitative estimate of drug-likeness (QED) is 0.855. The third kappa shape index (κ3) is 2.82. The molecule has 1 aromatic rings. The highest BCUT2D eigenvalue weighted by molar-refractivity contribution is 5.76. The first-order valence-electron chi connectivity index (χ1n) is 6.03. The molecule has 18 heavy (non-hydrogen) atoms. The Bertz CT molecular complexity index is 456. The van der Waals surface area contributed by atoms with E-state index in [1.54, 1.807) is 14.2 Å². The zero-order chi connectivity index (χ0) is 13.9. The summed E-state index contributed by atoms with van der Waals surface area (Å²) < 4.78 is 5.32. The minimum atomic E-state index is -0.283. The van der Waals surface area contributed by atoms with Gasteiger partial charge in [0.15, 0.2) is 0 Å². The Morgan fingerprint density at radius 2 is 2.00 bits per heavy atom. The molecule has 0 saturated heterocycles. The molecule has 4 heteroatoms. The van der Waals surface area contributed by atoms with Crippen molar-refractivity contribution in [3.05, 3.63) is 28.3 Å². The molecule has 0 spiro atoms. The summed E-state index contributed by atoms with van der Waals surface area (Å²) in [5.41, 5.74) is 10.4. The van der Waals surface area contributed by atoms with E-state index >= 15 is 0 Å². The first-order valence-corrected chi connectivity index (χ1v) is 6.03. The summed E-state index contributed by atoms with van der Waals surface area (Å²) in [4.78, 5) is 11.4. The van der Waals surface area contributed by atoms with E-state index < -0.39 is 0 Å². The van der Waals surface area contributed by atoms with Crippen LogP contribution < -0.4 is 15.8 Å². The largest absolute Gasteiger partial charge is 0.496 e. The molecule has 0 aromatic heterocycles. The summed E-state index contributed by atoms with van der Waals surface area (Å²) in [6.45, 7) is 6.02. The van der Waals surface area contributed by atoms with Crippen molar-refractivity contribution in [3.8, 4) is 5.75 Å². The van der Waals surface area contributed by atoms with Crippen molar-refractivity contribution in [3.63, 3.8) is 0 Å². The minimum Gasteiger partial charge on any atom is -0.496 e. The smallest absolute Gasteiger partial charge is 0.221 e. The molecule has 0 aliphatic carbocycles. The molecule has 0 fully saturated rings. The monoisotopic (exact) mass is 250 g/mol. The van der Waals surface area contributed by atoms with Gasteiger partial charge in [-0.15, -0.1) is 0 Å². The van der Waals surface area contributed by atoms with Gasteiger partial charge in [0, 0.05) is 19.5 Å². The number of methoxy groups -OCH3 is 1. The Morgan fingerprint density at radius 1 is 1.39 bits per heavy atom. The predicted molar refractivity (Wildman–Crippen MR) is 72.8 cm³/mol. The highest BCUT2D eigenvalue weighted by Gasteiger charge is 2.18. The van der Waals surface area contributed by atoms with E-state index in [2.05, 4.69) is 5.32 Å². The molecular formula is C14H22N2O2. The Morgan fingerprint density at radius 3 is 2.50 bits per heavy atom. The van der Waals surface area contributed by atoms with E-state index in [0.29, 0.717) is 6.42 Å². The Balaban J connectivity index is 3.17. The molecule has 1 rings (SSSR count). The van der Waals surface area contributed by atoms with Crippen molar-refractivity contribution in [1.29, 1.82) is 0 Å². The SMILES string of the molecule is CNC(=O)CC(N)c1c(C)cc(OC)c(C)c1C. The number of amides is 1. The van der Waals surface area contributed by atoms with Gasteiger partial charge in [0.2, 0.25) is 5.91 Å². The van der Waals surface area contributed by atoms with Crippen LogP contribution in [0, 0.1) is 20.8 Å². The highest BCUT2D eigenvalue weighted by Crippen LogP contribution is 2.31. The van der Waals surface area contributed by atoms with Crippen LogP contribution in [-0.2, 0) is 4.79 Å². The molecule has 0 radical (unpaired) electrons. The van der Waals surface area contributed by atoms with Crippen LogP contribution in [0.15, 0.2) is 6.07 Å². The molecule has 100 valence electrons. The average Bonchev–Trinajstić information content (AvgIpc) is 2.33. The second kappa shape index (κ2) is 5.87. The number of aryl methyl sites for hydroxylation is 1. The van der Waals surface area contributed by atoms with Gasteiger partial charge in [0.05, 0.1) is 7.11 Å². The van der Waals surface area contributed by atoms with Gasteiger partial charge in [-0.25, -0.2) is 0 Å². The summed E-state index contributed by atoms with van der Waals surface area (Å²) in [6, 6.07) is 1.69. The van der Waals surface area contributed by atoms with Crippen molar-refractivity contribution < 1.29 is 9.53 Å². The maximum Gasteiger partial charge on any atom is 0.221 e. The van der Waals surface area contributed by atoms with Crippen LogP contribution in [0.4, 0.5) is 0 Å². The van der Waals surface area contributed by atoms with E-state index in [-0.39, 0.29) is 11.9 Å². The predicted octanol–water partition coefficient (Wildman–Crippen LogP) is 1.76. The van der Waals surface area contributed by atoms with Gasteiger partial charge in [0.1, 0.15) is 5.75 Å². The van der Waals surface area contributed by atoms with E-state index in [0.717, 1.165) is 28.0 Å². The lowest BCUT2D eigenvalue weighted by atomic mass is 9.91. The Labute approximate surface area is 109 Å². The summed E-state index contributed by atoms with van der Waals surface area (Å²) >= 11 is 0. The molecule has 1 amide bonds. The second-order valence-corrected chi connectivity index (χ2v) is 4.54. The fourth-order valence-corrected chi connectivity index (χ4v) is 2.25. The molecule has 1 unspecified atom stereocenters. The fourth-order valence-electron chi connectivity index (χ4n) is 2.25. The summed E-state index contributed by atoms with van der Waals surface area (Å²) in [7, 11) is 3.28. The molecule has 3 N–H and O–H groups in total. The highest BCUT2D eigenvalue weighted by atomic mass is 16.5. The van der Waals surface area contributed by atoms with E-state index in [4.69, 9.17) is 10.5 Å². The molecule has 1 aromatic carbocycles. The maximum atomic E-state index is 11.4. The zero-order valence-electron chi connectivity index (χ0n) is 11.8. The molecule has 4 nitrogen and oxygen atoms in total. The van der Waals surface area contributed by atoms with Crippen molar-refractivity contribution in [2.24, 2.45) is 5.73 Å².